The molecular formula is C17H15N. The topological polar surface area (TPSA) is 12.4 Å². The number of hydrogen-bond acceptors (Lipinski definition) is 1. The van der Waals surface area contributed by atoms with E-state index in [9.17, 15) is 0 Å². The zero-order valence-electron chi connectivity index (χ0n) is 10.5. The summed E-state index contributed by atoms with van der Waals surface area (Å²) < 4.78 is 0. The molecule has 0 radical (unpaired) electrons. The van der Waals surface area contributed by atoms with E-state index in [1.165, 1.54) is 22.3 Å². The lowest BCUT2D eigenvalue weighted by Crippen LogP contribution is -2.20. The van der Waals surface area contributed by atoms with Crippen LogP contribution in [0, 0.1) is 0 Å². The van der Waals surface area contributed by atoms with Crippen molar-refractivity contribution < 1.29 is 0 Å². The van der Waals surface area contributed by atoms with Gasteiger partial charge in [-0.3, -0.25) is 4.99 Å². The summed E-state index contributed by atoms with van der Waals surface area (Å²) in [5.74, 6) is 0.437. The molecule has 0 saturated heterocycles. The van der Waals surface area contributed by atoms with Gasteiger partial charge in [0.15, 0.2) is 0 Å². The summed E-state index contributed by atoms with van der Waals surface area (Å²) in [6.07, 6.45) is 7.46. The first-order chi connectivity index (χ1) is 8.72. The summed E-state index contributed by atoms with van der Waals surface area (Å²) in [6.45, 7) is 6.45. The van der Waals surface area contributed by atoms with E-state index in [0.29, 0.717) is 5.92 Å². The third-order valence-electron chi connectivity index (χ3n) is 4.35. The smallest absolute Gasteiger partial charge is 0.0971 e. The van der Waals surface area contributed by atoms with Crippen LogP contribution >= 0.6 is 0 Å². The number of allylic oxidation sites excluding steroid dienone is 3. The molecule has 1 nitrogen and oxygen atoms in total. The number of rotatable bonds is 0. The lowest BCUT2D eigenvalue weighted by molar-refractivity contribution is 0.652. The fraction of sp³-hybridized carbons (Fsp3) is 0.235. The number of nitrogens with zero attached hydrogens (tertiary/aromatic N) is 1. The van der Waals surface area contributed by atoms with Crippen molar-refractivity contribution in [3.8, 4) is 0 Å². The van der Waals surface area contributed by atoms with Crippen LogP contribution in [0.15, 0.2) is 65.2 Å². The summed E-state index contributed by atoms with van der Waals surface area (Å²) >= 11 is 0. The molecule has 88 valence electrons. The van der Waals surface area contributed by atoms with Gasteiger partial charge in [-0.2, -0.15) is 0 Å². The summed E-state index contributed by atoms with van der Waals surface area (Å²) in [5, 5.41) is 0. The Morgan fingerprint density at radius 2 is 2.17 bits per heavy atom. The Morgan fingerprint density at radius 3 is 3.06 bits per heavy atom. The van der Waals surface area contributed by atoms with Crippen LogP contribution in [-0.2, 0) is 0 Å². The summed E-state index contributed by atoms with van der Waals surface area (Å²) in [7, 11) is 0. The van der Waals surface area contributed by atoms with Crippen LogP contribution in [0.1, 0.15) is 30.4 Å². The molecule has 1 heteroatoms. The molecule has 1 aromatic rings. The first kappa shape index (κ1) is 10.1. The zero-order valence-corrected chi connectivity index (χ0v) is 10.5. The minimum Gasteiger partial charge on any atom is -0.272 e. The Labute approximate surface area is 107 Å². The Hall–Kier alpha value is -1.89. The third kappa shape index (κ3) is 1.09. The van der Waals surface area contributed by atoms with Gasteiger partial charge >= 0.3 is 0 Å². The molecule has 1 aromatic carbocycles. The predicted octanol–water partition coefficient (Wildman–Crippen LogP) is 3.79. The maximum absolute atomic E-state index is 5.01. The van der Waals surface area contributed by atoms with Gasteiger partial charge in [0.1, 0.15) is 0 Å². The van der Waals surface area contributed by atoms with E-state index >= 15 is 0 Å². The van der Waals surface area contributed by atoms with Crippen molar-refractivity contribution in [3.63, 3.8) is 0 Å². The van der Waals surface area contributed by atoms with Crippen molar-refractivity contribution in [3.05, 3.63) is 71.3 Å². The summed E-state index contributed by atoms with van der Waals surface area (Å²) in [5.41, 5.74) is 6.44. The molecule has 3 aliphatic rings. The highest BCUT2D eigenvalue weighted by Crippen LogP contribution is 2.64. The van der Waals surface area contributed by atoms with E-state index in [2.05, 4.69) is 56.0 Å². The maximum atomic E-state index is 5.01. The number of fused-ring (bicyclic) bond motifs is 3. The molecule has 4 rings (SSSR count). The van der Waals surface area contributed by atoms with Crippen molar-refractivity contribution in [2.75, 3.05) is 0 Å². The van der Waals surface area contributed by atoms with E-state index in [0.717, 1.165) is 12.1 Å². The van der Waals surface area contributed by atoms with Gasteiger partial charge in [-0.1, -0.05) is 48.6 Å². The highest BCUT2D eigenvalue weighted by Gasteiger charge is 2.61. The Kier molecular flexibility index (Phi) is 1.74. The minimum absolute atomic E-state index is 0.0327. The number of aliphatic imine (C=N–C) groups is 1. The van der Waals surface area contributed by atoms with Crippen LogP contribution in [0.25, 0.3) is 0 Å². The molecule has 1 saturated carbocycles. The van der Waals surface area contributed by atoms with E-state index in [1.54, 1.807) is 0 Å². The van der Waals surface area contributed by atoms with E-state index in [-0.39, 0.29) is 5.54 Å². The molecule has 0 N–H and O–H groups in total. The van der Waals surface area contributed by atoms with Gasteiger partial charge in [0, 0.05) is 11.5 Å². The molecule has 2 heterocycles. The highest BCUT2D eigenvalue weighted by molar-refractivity contribution is 6.12. The molecule has 1 fully saturated rings. The molecule has 0 aromatic heterocycles. The van der Waals surface area contributed by atoms with Gasteiger partial charge in [0.05, 0.1) is 11.3 Å². The largest absolute Gasteiger partial charge is 0.272 e. The predicted molar refractivity (Wildman–Crippen MR) is 75.1 cm³/mol. The lowest BCUT2D eigenvalue weighted by atomic mass is 9.89. The second-order valence-electron chi connectivity index (χ2n) is 5.52. The third-order valence-corrected chi connectivity index (χ3v) is 4.35. The van der Waals surface area contributed by atoms with Gasteiger partial charge in [0.25, 0.3) is 0 Å². The van der Waals surface area contributed by atoms with Crippen molar-refractivity contribution in [1.29, 1.82) is 0 Å². The lowest BCUT2D eigenvalue weighted by Gasteiger charge is -2.22. The molecule has 0 amide bonds. The number of hydrogen-bond donors (Lipinski definition) is 0. The molecule has 2 unspecified atom stereocenters. The fourth-order valence-electron chi connectivity index (χ4n) is 3.44. The zero-order chi connectivity index (χ0) is 12.3. The Balaban J connectivity index is 2.00. The Morgan fingerprint density at radius 1 is 1.33 bits per heavy atom. The molecule has 18 heavy (non-hydrogen) atoms. The van der Waals surface area contributed by atoms with Crippen molar-refractivity contribution in [2.45, 2.75) is 24.8 Å². The van der Waals surface area contributed by atoms with Gasteiger partial charge in [-0.05, 0) is 30.6 Å². The van der Waals surface area contributed by atoms with Crippen molar-refractivity contribution in [1.82, 2.24) is 0 Å². The van der Waals surface area contributed by atoms with E-state index in [4.69, 9.17) is 4.99 Å². The van der Waals surface area contributed by atoms with Crippen LogP contribution in [0.2, 0.25) is 0 Å². The average molecular weight is 233 g/mol. The normalized spacial score (nSPS) is 34.5. The van der Waals surface area contributed by atoms with E-state index < -0.39 is 0 Å². The average Bonchev–Trinajstić information content (AvgIpc) is 2.93. The maximum Gasteiger partial charge on any atom is 0.0971 e. The summed E-state index contributed by atoms with van der Waals surface area (Å²) in [6, 6.07) is 8.62. The summed E-state index contributed by atoms with van der Waals surface area (Å²) in [4.78, 5) is 5.01. The molecule has 1 spiro atoms. The molecule has 1 aliphatic carbocycles. The monoisotopic (exact) mass is 233 g/mol. The van der Waals surface area contributed by atoms with Gasteiger partial charge in [0.2, 0.25) is 0 Å². The van der Waals surface area contributed by atoms with Crippen LogP contribution in [0.5, 0.6) is 0 Å². The molecule has 2 aliphatic heterocycles. The first-order valence-corrected chi connectivity index (χ1v) is 6.45. The van der Waals surface area contributed by atoms with E-state index in [1.807, 2.05) is 0 Å². The number of benzene rings is 1. The van der Waals surface area contributed by atoms with Crippen LogP contribution in [0.4, 0.5) is 0 Å². The molecular weight excluding hydrogens is 218 g/mol. The highest BCUT2D eigenvalue weighted by atomic mass is 15.0. The fourth-order valence-corrected chi connectivity index (χ4v) is 3.44. The van der Waals surface area contributed by atoms with Gasteiger partial charge < -0.3 is 0 Å². The Bertz CT molecular complexity index is 660. The standard InChI is InChI=1S/C17H15N/c1-11-6-5-9-15-13-7-3-4-8-14(13)16-12(2)17(16,10-11)18-15/h3-9,16H,2,10H2,1H3/b9-5?,11-6-. The molecule has 2 bridgehead atoms. The second kappa shape index (κ2) is 3.11. The van der Waals surface area contributed by atoms with Gasteiger partial charge in [-0.15, -0.1) is 0 Å². The molecule has 2 atom stereocenters. The SMILES string of the molecule is C=C1C2c3ccccc3C3=NC12C/C(C)=C\C=C3. The van der Waals surface area contributed by atoms with Crippen LogP contribution < -0.4 is 0 Å². The minimum atomic E-state index is -0.0327. The van der Waals surface area contributed by atoms with Crippen molar-refractivity contribution >= 4 is 5.71 Å². The van der Waals surface area contributed by atoms with Gasteiger partial charge in [-0.25, -0.2) is 0 Å². The second-order valence-corrected chi connectivity index (χ2v) is 5.52. The van der Waals surface area contributed by atoms with Crippen LogP contribution in [-0.4, -0.2) is 11.3 Å². The quantitative estimate of drug-likeness (QED) is 0.605. The first-order valence-electron chi connectivity index (χ1n) is 6.45. The van der Waals surface area contributed by atoms with Crippen molar-refractivity contribution in [2.24, 2.45) is 4.99 Å². The van der Waals surface area contributed by atoms with Crippen LogP contribution in [0.3, 0.4) is 0 Å².